The Balaban J connectivity index is 2.10. The van der Waals surface area contributed by atoms with E-state index < -0.39 is 0 Å². The fourth-order valence-electron chi connectivity index (χ4n) is 2.84. The summed E-state index contributed by atoms with van der Waals surface area (Å²) in [4.78, 5) is 0. The molecule has 0 radical (unpaired) electrons. The Hall–Kier alpha value is -2.08. The highest BCUT2D eigenvalue weighted by Gasteiger charge is 2.14. The number of allylic oxidation sites excluding steroid dienone is 3. The molecular formula is C19H18. The smallest absolute Gasteiger partial charge is 0.0152 e. The SMILES string of the molecule is C=CC1=C(C)CCc2cc(-c3ccccc3)ccc21. The minimum Gasteiger partial charge on any atom is -0.0984 e. The molecule has 2 aromatic rings. The first-order valence-corrected chi connectivity index (χ1v) is 6.80. The molecule has 0 bridgehead atoms. The molecule has 3 rings (SSSR count). The molecule has 0 aromatic heterocycles. The summed E-state index contributed by atoms with van der Waals surface area (Å²) in [5, 5.41) is 0. The normalized spacial score (nSPS) is 14.2. The van der Waals surface area contributed by atoms with Crippen LogP contribution in [-0.4, -0.2) is 0 Å². The van der Waals surface area contributed by atoms with Gasteiger partial charge in [-0.15, -0.1) is 0 Å². The van der Waals surface area contributed by atoms with Gasteiger partial charge in [-0.05, 0) is 47.6 Å². The zero-order valence-electron chi connectivity index (χ0n) is 11.3. The number of hydrogen-bond acceptors (Lipinski definition) is 0. The van der Waals surface area contributed by atoms with E-state index in [0.717, 1.165) is 12.8 Å². The Morgan fingerprint density at radius 3 is 2.47 bits per heavy atom. The third-order valence-corrected chi connectivity index (χ3v) is 3.94. The van der Waals surface area contributed by atoms with Crippen molar-refractivity contribution in [2.45, 2.75) is 19.8 Å². The van der Waals surface area contributed by atoms with Crippen LogP contribution in [0, 0.1) is 0 Å². The highest BCUT2D eigenvalue weighted by atomic mass is 14.2. The van der Waals surface area contributed by atoms with Gasteiger partial charge in [0.05, 0.1) is 0 Å². The molecule has 0 spiro atoms. The van der Waals surface area contributed by atoms with Crippen LogP contribution in [0.1, 0.15) is 24.5 Å². The fourth-order valence-corrected chi connectivity index (χ4v) is 2.84. The number of aryl methyl sites for hydroxylation is 1. The van der Waals surface area contributed by atoms with E-state index in [9.17, 15) is 0 Å². The average molecular weight is 246 g/mol. The van der Waals surface area contributed by atoms with Crippen molar-refractivity contribution in [2.75, 3.05) is 0 Å². The van der Waals surface area contributed by atoms with Crippen LogP contribution in [0.15, 0.2) is 66.8 Å². The van der Waals surface area contributed by atoms with Gasteiger partial charge in [0.25, 0.3) is 0 Å². The van der Waals surface area contributed by atoms with Crippen LogP contribution in [0.5, 0.6) is 0 Å². The minimum absolute atomic E-state index is 1.14. The van der Waals surface area contributed by atoms with Crippen LogP contribution < -0.4 is 0 Å². The van der Waals surface area contributed by atoms with Crippen molar-refractivity contribution >= 4 is 5.57 Å². The van der Waals surface area contributed by atoms with Crippen LogP contribution in [-0.2, 0) is 6.42 Å². The van der Waals surface area contributed by atoms with E-state index in [4.69, 9.17) is 0 Å². The molecule has 0 fully saturated rings. The lowest BCUT2D eigenvalue weighted by Gasteiger charge is -2.20. The van der Waals surface area contributed by atoms with Crippen LogP contribution >= 0.6 is 0 Å². The molecule has 1 aliphatic carbocycles. The molecule has 0 heteroatoms. The standard InChI is InChI=1S/C19H18/c1-3-18-14(2)9-10-17-13-16(11-12-19(17)18)15-7-5-4-6-8-15/h3-8,11-13H,1,9-10H2,2H3. The maximum atomic E-state index is 3.96. The molecule has 0 N–H and O–H groups in total. The highest BCUT2D eigenvalue weighted by Crippen LogP contribution is 2.34. The Kier molecular flexibility index (Phi) is 3.08. The van der Waals surface area contributed by atoms with Crippen molar-refractivity contribution in [3.63, 3.8) is 0 Å². The Bertz CT molecular complexity index is 645. The Morgan fingerprint density at radius 2 is 1.74 bits per heavy atom. The molecule has 0 nitrogen and oxygen atoms in total. The quantitative estimate of drug-likeness (QED) is 0.678. The summed E-state index contributed by atoms with van der Waals surface area (Å²) in [6.45, 7) is 6.17. The molecule has 0 saturated heterocycles. The Labute approximate surface area is 115 Å². The van der Waals surface area contributed by atoms with Gasteiger partial charge in [0.15, 0.2) is 0 Å². The van der Waals surface area contributed by atoms with Crippen molar-refractivity contribution in [3.05, 3.63) is 77.9 Å². The topological polar surface area (TPSA) is 0 Å². The summed E-state index contributed by atoms with van der Waals surface area (Å²) in [5.74, 6) is 0. The summed E-state index contributed by atoms with van der Waals surface area (Å²) in [5.41, 5.74) is 8.18. The minimum atomic E-state index is 1.14. The van der Waals surface area contributed by atoms with E-state index in [0.29, 0.717) is 0 Å². The van der Waals surface area contributed by atoms with Crippen molar-refractivity contribution in [1.29, 1.82) is 0 Å². The lowest BCUT2D eigenvalue weighted by Crippen LogP contribution is -2.02. The summed E-state index contributed by atoms with van der Waals surface area (Å²) < 4.78 is 0. The van der Waals surface area contributed by atoms with Gasteiger partial charge in [-0.25, -0.2) is 0 Å². The van der Waals surface area contributed by atoms with E-state index in [2.05, 4.69) is 62.0 Å². The summed E-state index contributed by atoms with van der Waals surface area (Å²) in [6, 6.07) is 17.4. The molecule has 94 valence electrons. The van der Waals surface area contributed by atoms with Gasteiger partial charge in [0.2, 0.25) is 0 Å². The molecule has 2 aromatic carbocycles. The Morgan fingerprint density at radius 1 is 0.947 bits per heavy atom. The second kappa shape index (κ2) is 4.89. The maximum absolute atomic E-state index is 3.96. The average Bonchev–Trinajstić information content (AvgIpc) is 2.47. The van der Waals surface area contributed by atoms with Gasteiger partial charge >= 0.3 is 0 Å². The van der Waals surface area contributed by atoms with Crippen molar-refractivity contribution < 1.29 is 0 Å². The van der Waals surface area contributed by atoms with E-state index in [1.807, 2.05) is 6.08 Å². The van der Waals surface area contributed by atoms with Crippen molar-refractivity contribution in [2.24, 2.45) is 0 Å². The molecule has 19 heavy (non-hydrogen) atoms. The third kappa shape index (κ3) is 2.15. The lowest BCUT2D eigenvalue weighted by atomic mass is 9.84. The molecule has 0 amide bonds. The van der Waals surface area contributed by atoms with Crippen LogP contribution in [0.3, 0.4) is 0 Å². The number of fused-ring (bicyclic) bond motifs is 1. The largest absolute Gasteiger partial charge is 0.0984 e. The van der Waals surface area contributed by atoms with Gasteiger partial charge in [0, 0.05) is 0 Å². The molecule has 0 saturated carbocycles. The molecular weight excluding hydrogens is 228 g/mol. The van der Waals surface area contributed by atoms with Crippen molar-refractivity contribution in [3.8, 4) is 11.1 Å². The van der Waals surface area contributed by atoms with E-state index >= 15 is 0 Å². The molecule has 0 unspecified atom stereocenters. The molecule has 0 atom stereocenters. The predicted octanol–water partition coefficient (Wildman–Crippen LogP) is 5.26. The summed E-state index contributed by atoms with van der Waals surface area (Å²) in [7, 11) is 0. The maximum Gasteiger partial charge on any atom is -0.0152 e. The summed E-state index contributed by atoms with van der Waals surface area (Å²) in [6.07, 6.45) is 4.28. The molecule has 0 aliphatic heterocycles. The van der Waals surface area contributed by atoms with E-state index in [1.165, 1.54) is 33.4 Å². The van der Waals surface area contributed by atoms with Crippen LogP contribution in [0.4, 0.5) is 0 Å². The predicted molar refractivity (Wildman–Crippen MR) is 83.0 cm³/mol. The van der Waals surface area contributed by atoms with Gasteiger partial charge in [-0.1, -0.05) is 66.8 Å². The highest BCUT2D eigenvalue weighted by molar-refractivity contribution is 5.81. The van der Waals surface area contributed by atoms with Crippen molar-refractivity contribution in [1.82, 2.24) is 0 Å². The summed E-state index contributed by atoms with van der Waals surface area (Å²) >= 11 is 0. The first-order chi connectivity index (χ1) is 9.29. The van der Waals surface area contributed by atoms with E-state index in [1.54, 1.807) is 0 Å². The van der Waals surface area contributed by atoms with Gasteiger partial charge in [0.1, 0.15) is 0 Å². The number of benzene rings is 2. The molecule has 1 aliphatic rings. The van der Waals surface area contributed by atoms with Crippen LogP contribution in [0.25, 0.3) is 16.7 Å². The first-order valence-electron chi connectivity index (χ1n) is 6.80. The van der Waals surface area contributed by atoms with Crippen LogP contribution in [0.2, 0.25) is 0 Å². The second-order valence-electron chi connectivity index (χ2n) is 5.14. The molecule has 0 heterocycles. The third-order valence-electron chi connectivity index (χ3n) is 3.94. The van der Waals surface area contributed by atoms with Gasteiger partial charge in [-0.2, -0.15) is 0 Å². The first kappa shape index (κ1) is 12.0. The van der Waals surface area contributed by atoms with Gasteiger partial charge < -0.3 is 0 Å². The monoisotopic (exact) mass is 246 g/mol. The van der Waals surface area contributed by atoms with Gasteiger partial charge in [-0.3, -0.25) is 0 Å². The zero-order valence-corrected chi connectivity index (χ0v) is 11.3. The number of rotatable bonds is 2. The lowest BCUT2D eigenvalue weighted by molar-refractivity contribution is 0.921. The number of hydrogen-bond donors (Lipinski definition) is 0. The zero-order chi connectivity index (χ0) is 13.2. The fraction of sp³-hybridized carbons (Fsp3) is 0.158. The second-order valence-corrected chi connectivity index (χ2v) is 5.14. The van der Waals surface area contributed by atoms with E-state index in [-0.39, 0.29) is 0 Å².